The largest absolute Gasteiger partial charge is 0.481 e. The Morgan fingerprint density at radius 2 is 2.33 bits per heavy atom. The Kier molecular flexibility index (Phi) is 2.69. The van der Waals surface area contributed by atoms with Gasteiger partial charge in [-0.05, 0) is 20.3 Å². The average molecular weight is 174 g/mol. The first kappa shape index (κ1) is 9.48. The molecule has 1 N–H and O–H groups in total. The zero-order valence-corrected chi connectivity index (χ0v) is 7.37. The molecular weight excluding hydrogens is 160 g/mol. The predicted molar refractivity (Wildman–Crippen MR) is 41.8 cm³/mol. The lowest BCUT2D eigenvalue weighted by Gasteiger charge is -2.16. The van der Waals surface area contributed by atoms with E-state index in [0.29, 0.717) is 13.0 Å². The van der Waals surface area contributed by atoms with Crippen LogP contribution in [0.2, 0.25) is 0 Å². The molecule has 0 radical (unpaired) electrons. The van der Waals surface area contributed by atoms with Crippen molar-refractivity contribution < 1.29 is 19.4 Å². The van der Waals surface area contributed by atoms with Gasteiger partial charge in [-0.15, -0.1) is 0 Å². The normalized spacial score (nSPS) is 27.3. The maximum atomic E-state index is 10.2. The third-order valence-corrected chi connectivity index (χ3v) is 1.75. The van der Waals surface area contributed by atoms with Crippen molar-refractivity contribution in [1.29, 1.82) is 0 Å². The van der Waals surface area contributed by atoms with Crippen LogP contribution in [0, 0.1) is 0 Å². The van der Waals surface area contributed by atoms with E-state index in [1.54, 1.807) is 0 Å². The molecule has 0 aromatic rings. The lowest BCUT2D eigenvalue weighted by Crippen LogP contribution is -2.21. The molecular formula is C8H14O4. The van der Waals surface area contributed by atoms with Crippen LogP contribution in [0.4, 0.5) is 0 Å². The summed E-state index contributed by atoms with van der Waals surface area (Å²) in [5.41, 5.74) is 0. The first-order chi connectivity index (χ1) is 5.49. The van der Waals surface area contributed by atoms with Crippen molar-refractivity contribution in [3.05, 3.63) is 0 Å². The molecule has 1 aliphatic rings. The van der Waals surface area contributed by atoms with Crippen LogP contribution in [-0.2, 0) is 14.3 Å². The molecule has 0 bridgehead atoms. The molecule has 0 aliphatic carbocycles. The van der Waals surface area contributed by atoms with Gasteiger partial charge >= 0.3 is 5.97 Å². The summed E-state index contributed by atoms with van der Waals surface area (Å²) in [4.78, 5) is 10.2. The van der Waals surface area contributed by atoms with Crippen molar-refractivity contribution in [3.63, 3.8) is 0 Å². The molecule has 0 saturated carbocycles. The van der Waals surface area contributed by atoms with Gasteiger partial charge in [-0.3, -0.25) is 4.79 Å². The fraction of sp³-hybridized carbons (Fsp3) is 0.875. The van der Waals surface area contributed by atoms with Gasteiger partial charge in [-0.2, -0.15) is 0 Å². The van der Waals surface area contributed by atoms with Crippen LogP contribution in [-0.4, -0.2) is 29.6 Å². The van der Waals surface area contributed by atoms with Crippen molar-refractivity contribution in [2.45, 2.75) is 38.6 Å². The predicted octanol–water partition coefficient (Wildman–Crippen LogP) is 1.00. The Hall–Kier alpha value is -0.610. The van der Waals surface area contributed by atoms with E-state index in [9.17, 15) is 4.79 Å². The molecule has 1 aliphatic heterocycles. The van der Waals surface area contributed by atoms with Crippen LogP contribution in [0.3, 0.4) is 0 Å². The second-order valence-corrected chi connectivity index (χ2v) is 3.38. The molecule has 70 valence electrons. The zero-order valence-electron chi connectivity index (χ0n) is 7.37. The number of hydrogen-bond donors (Lipinski definition) is 1. The molecule has 0 aromatic carbocycles. The number of ether oxygens (including phenoxy) is 2. The first-order valence-electron chi connectivity index (χ1n) is 4.03. The van der Waals surface area contributed by atoms with Gasteiger partial charge in [0.25, 0.3) is 0 Å². The van der Waals surface area contributed by atoms with Gasteiger partial charge in [0.05, 0.1) is 12.7 Å². The molecule has 0 amide bonds. The van der Waals surface area contributed by atoms with Crippen LogP contribution < -0.4 is 0 Å². The van der Waals surface area contributed by atoms with Crippen molar-refractivity contribution in [1.82, 2.24) is 0 Å². The minimum atomic E-state index is -0.789. The monoisotopic (exact) mass is 174 g/mol. The maximum absolute atomic E-state index is 10.2. The van der Waals surface area contributed by atoms with Crippen molar-refractivity contribution in [3.8, 4) is 0 Å². The second-order valence-electron chi connectivity index (χ2n) is 3.38. The van der Waals surface area contributed by atoms with Crippen molar-refractivity contribution in [2.75, 3.05) is 6.61 Å². The molecule has 1 saturated heterocycles. The zero-order chi connectivity index (χ0) is 9.19. The quantitative estimate of drug-likeness (QED) is 0.693. The summed E-state index contributed by atoms with van der Waals surface area (Å²) in [5.74, 6) is -1.33. The van der Waals surface area contributed by atoms with Crippen LogP contribution in [0.15, 0.2) is 0 Å². The van der Waals surface area contributed by atoms with Gasteiger partial charge in [-0.1, -0.05) is 0 Å². The third kappa shape index (κ3) is 2.79. The number of hydrogen-bond acceptors (Lipinski definition) is 3. The summed E-state index contributed by atoms with van der Waals surface area (Å²) in [7, 11) is 0. The fourth-order valence-corrected chi connectivity index (χ4v) is 1.19. The first-order valence-corrected chi connectivity index (χ1v) is 4.03. The Labute approximate surface area is 71.5 Å². The van der Waals surface area contributed by atoms with Crippen molar-refractivity contribution in [2.24, 2.45) is 0 Å². The van der Waals surface area contributed by atoms with Gasteiger partial charge in [-0.25, -0.2) is 0 Å². The summed E-state index contributed by atoms with van der Waals surface area (Å²) >= 11 is 0. The lowest BCUT2D eigenvalue weighted by atomic mass is 10.2. The van der Waals surface area contributed by atoms with Crippen LogP contribution >= 0.6 is 0 Å². The Morgan fingerprint density at radius 3 is 2.75 bits per heavy atom. The van der Waals surface area contributed by atoms with E-state index in [4.69, 9.17) is 14.6 Å². The Bertz CT molecular complexity index is 176. The van der Waals surface area contributed by atoms with Gasteiger partial charge in [0.1, 0.15) is 0 Å². The van der Waals surface area contributed by atoms with Crippen LogP contribution in [0.1, 0.15) is 26.7 Å². The summed E-state index contributed by atoms with van der Waals surface area (Å²) in [6, 6.07) is 0. The molecule has 1 atom stereocenters. The minimum absolute atomic E-state index is 0.0592. The standard InChI is InChI=1S/C8H14O4/c1-8(2)11-5-6(12-8)3-4-7(9)10/h6H,3-5H2,1-2H3,(H,9,10)/t6-/m1/s1. The molecule has 1 rings (SSSR count). The number of carbonyl (C=O) groups is 1. The van der Waals surface area contributed by atoms with Gasteiger partial charge < -0.3 is 14.6 Å². The second kappa shape index (κ2) is 3.41. The Balaban J connectivity index is 2.24. The molecule has 12 heavy (non-hydrogen) atoms. The molecule has 0 unspecified atom stereocenters. The number of carboxylic acid groups (broad SMARTS) is 1. The Morgan fingerprint density at radius 1 is 1.67 bits per heavy atom. The molecule has 1 fully saturated rings. The molecule has 1 heterocycles. The topological polar surface area (TPSA) is 55.8 Å². The van der Waals surface area contributed by atoms with E-state index in [1.807, 2.05) is 13.8 Å². The minimum Gasteiger partial charge on any atom is -0.481 e. The van der Waals surface area contributed by atoms with E-state index >= 15 is 0 Å². The molecule has 0 aromatic heterocycles. The number of carboxylic acids is 1. The molecule has 0 spiro atoms. The van der Waals surface area contributed by atoms with E-state index in [-0.39, 0.29) is 12.5 Å². The molecule has 4 nitrogen and oxygen atoms in total. The van der Waals surface area contributed by atoms with E-state index in [0.717, 1.165) is 0 Å². The highest BCUT2D eigenvalue weighted by atomic mass is 16.7. The highest BCUT2D eigenvalue weighted by molar-refractivity contribution is 5.66. The summed E-state index contributed by atoms with van der Waals surface area (Å²) in [6.07, 6.45) is 0.610. The molecule has 4 heteroatoms. The summed E-state index contributed by atoms with van der Waals surface area (Å²) in [5, 5.41) is 8.41. The van der Waals surface area contributed by atoms with Gasteiger partial charge in [0.2, 0.25) is 0 Å². The smallest absolute Gasteiger partial charge is 0.303 e. The fourth-order valence-electron chi connectivity index (χ4n) is 1.19. The van der Waals surface area contributed by atoms with E-state index in [2.05, 4.69) is 0 Å². The van der Waals surface area contributed by atoms with E-state index < -0.39 is 11.8 Å². The maximum Gasteiger partial charge on any atom is 0.303 e. The summed E-state index contributed by atoms with van der Waals surface area (Å²) < 4.78 is 10.7. The number of rotatable bonds is 3. The lowest BCUT2D eigenvalue weighted by molar-refractivity contribution is -0.144. The number of aliphatic carboxylic acids is 1. The van der Waals surface area contributed by atoms with Crippen LogP contribution in [0.5, 0.6) is 0 Å². The van der Waals surface area contributed by atoms with Crippen molar-refractivity contribution >= 4 is 5.97 Å². The summed E-state index contributed by atoms with van der Waals surface area (Å²) in [6.45, 7) is 4.15. The van der Waals surface area contributed by atoms with Gasteiger partial charge in [0.15, 0.2) is 5.79 Å². The van der Waals surface area contributed by atoms with Crippen LogP contribution in [0.25, 0.3) is 0 Å². The SMILES string of the molecule is CC1(C)OC[C@@H](CCC(=O)O)O1. The van der Waals surface area contributed by atoms with E-state index in [1.165, 1.54) is 0 Å². The highest BCUT2D eigenvalue weighted by Gasteiger charge is 2.32. The highest BCUT2D eigenvalue weighted by Crippen LogP contribution is 2.24. The van der Waals surface area contributed by atoms with Gasteiger partial charge in [0, 0.05) is 6.42 Å². The average Bonchev–Trinajstić information content (AvgIpc) is 2.26. The third-order valence-electron chi connectivity index (χ3n) is 1.75.